The number of aliphatic hydroxyl groups is 1. The molecule has 1 saturated heterocycles. The molecule has 7 heteroatoms. The molecule has 0 aliphatic carbocycles. The van der Waals surface area contributed by atoms with Gasteiger partial charge in [0, 0.05) is 32.7 Å². The summed E-state index contributed by atoms with van der Waals surface area (Å²) in [7, 11) is -3.47. The van der Waals surface area contributed by atoms with Crippen LogP contribution in [-0.2, 0) is 10.2 Å². The lowest BCUT2D eigenvalue weighted by Crippen LogP contribution is -2.53. The fourth-order valence-corrected chi connectivity index (χ4v) is 3.51. The molecule has 0 spiro atoms. The van der Waals surface area contributed by atoms with Gasteiger partial charge in [0.25, 0.3) is 10.2 Å². The molecule has 18 heavy (non-hydrogen) atoms. The first kappa shape index (κ1) is 15.8. The highest BCUT2D eigenvalue weighted by Crippen LogP contribution is 2.15. The zero-order valence-electron chi connectivity index (χ0n) is 11.4. The van der Waals surface area contributed by atoms with Crippen LogP contribution in [0.25, 0.3) is 0 Å². The first-order chi connectivity index (χ1) is 8.23. The van der Waals surface area contributed by atoms with Gasteiger partial charge in [0.05, 0.1) is 5.60 Å². The van der Waals surface area contributed by atoms with Crippen LogP contribution >= 0.6 is 0 Å². The zero-order chi connectivity index (χ0) is 13.8. The summed E-state index contributed by atoms with van der Waals surface area (Å²) in [5, 5.41) is 13.2. The quantitative estimate of drug-likeness (QED) is 0.613. The van der Waals surface area contributed by atoms with Crippen LogP contribution < -0.4 is 10.0 Å². The molecule has 0 saturated carbocycles. The third-order valence-electron chi connectivity index (χ3n) is 2.90. The van der Waals surface area contributed by atoms with Gasteiger partial charge < -0.3 is 10.4 Å². The lowest BCUT2D eigenvalue weighted by molar-refractivity contribution is 0.0432. The standard InChI is InChI=1S/C11H25N3O3S/c1-10(2)8-11(3,15)9-13-18(16,17)14-6-4-12-5-7-14/h10,12-13,15H,4-9H2,1-3H3. The molecule has 1 aliphatic heterocycles. The lowest BCUT2D eigenvalue weighted by Gasteiger charge is -2.30. The number of nitrogens with one attached hydrogen (secondary N) is 2. The molecule has 6 nitrogen and oxygen atoms in total. The molecule has 1 aliphatic rings. The van der Waals surface area contributed by atoms with Gasteiger partial charge in [-0.3, -0.25) is 0 Å². The van der Waals surface area contributed by atoms with E-state index in [1.54, 1.807) is 6.92 Å². The van der Waals surface area contributed by atoms with Crippen LogP contribution in [0.4, 0.5) is 0 Å². The topological polar surface area (TPSA) is 81.7 Å². The Labute approximate surface area is 110 Å². The molecule has 108 valence electrons. The van der Waals surface area contributed by atoms with Crippen molar-refractivity contribution in [1.29, 1.82) is 0 Å². The molecule has 0 aromatic heterocycles. The van der Waals surface area contributed by atoms with Crippen LogP contribution in [0.15, 0.2) is 0 Å². The smallest absolute Gasteiger partial charge is 0.279 e. The highest BCUT2D eigenvalue weighted by Gasteiger charge is 2.28. The molecular weight excluding hydrogens is 254 g/mol. The Balaban J connectivity index is 2.50. The normalized spacial score (nSPS) is 22.1. The highest BCUT2D eigenvalue weighted by atomic mass is 32.2. The van der Waals surface area contributed by atoms with Crippen LogP contribution in [0.5, 0.6) is 0 Å². The Hall–Kier alpha value is -0.210. The Morgan fingerprint density at radius 3 is 2.44 bits per heavy atom. The molecule has 1 atom stereocenters. The fourth-order valence-electron chi connectivity index (χ4n) is 2.17. The van der Waals surface area contributed by atoms with E-state index in [1.165, 1.54) is 4.31 Å². The van der Waals surface area contributed by atoms with Crippen molar-refractivity contribution in [3.05, 3.63) is 0 Å². The molecule has 1 unspecified atom stereocenters. The van der Waals surface area contributed by atoms with Crippen molar-refractivity contribution in [1.82, 2.24) is 14.3 Å². The summed E-state index contributed by atoms with van der Waals surface area (Å²) in [6.07, 6.45) is 0.567. The van der Waals surface area contributed by atoms with Gasteiger partial charge in [0.15, 0.2) is 0 Å². The molecule has 0 radical (unpaired) electrons. The van der Waals surface area contributed by atoms with E-state index < -0.39 is 15.8 Å². The number of hydrogen-bond acceptors (Lipinski definition) is 4. The Morgan fingerprint density at radius 2 is 1.94 bits per heavy atom. The Morgan fingerprint density at radius 1 is 1.39 bits per heavy atom. The predicted octanol–water partition coefficient (Wildman–Crippen LogP) is -0.477. The maximum absolute atomic E-state index is 12.0. The predicted molar refractivity (Wildman–Crippen MR) is 71.4 cm³/mol. The van der Waals surface area contributed by atoms with Crippen molar-refractivity contribution < 1.29 is 13.5 Å². The van der Waals surface area contributed by atoms with Crippen LogP contribution in [0, 0.1) is 5.92 Å². The number of rotatable bonds is 6. The lowest BCUT2D eigenvalue weighted by atomic mass is 9.95. The van der Waals surface area contributed by atoms with Crippen molar-refractivity contribution in [3.8, 4) is 0 Å². The second-order valence-electron chi connectivity index (χ2n) is 5.57. The minimum Gasteiger partial charge on any atom is -0.389 e. The van der Waals surface area contributed by atoms with Crippen molar-refractivity contribution in [2.75, 3.05) is 32.7 Å². The van der Waals surface area contributed by atoms with Crippen molar-refractivity contribution in [3.63, 3.8) is 0 Å². The first-order valence-corrected chi connectivity index (χ1v) is 7.85. The second kappa shape index (κ2) is 6.29. The third-order valence-corrected chi connectivity index (χ3v) is 4.45. The van der Waals surface area contributed by atoms with Crippen molar-refractivity contribution in [2.45, 2.75) is 32.8 Å². The maximum Gasteiger partial charge on any atom is 0.279 e. The van der Waals surface area contributed by atoms with E-state index in [0.29, 0.717) is 38.5 Å². The summed E-state index contributed by atoms with van der Waals surface area (Å²) in [6, 6.07) is 0. The summed E-state index contributed by atoms with van der Waals surface area (Å²) in [5.74, 6) is 0.323. The monoisotopic (exact) mass is 279 g/mol. The van der Waals surface area contributed by atoms with Gasteiger partial charge in [-0.15, -0.1) is 0 Å². The second-order valence-corrected chi connectivity index (χ2v) is 7.33. The van der Waals surface area contributed by atoms with E-state index in [-0.39, 0.29) is 6.54 Å². The summed E-state index contributed by atoms with van der Waals surface area (Å²) >= 11 is 0. The number of piperazine rings is 1. The minimum atomic E-state index is -3.47. The molecule has 0 bridgehead atoms. The molecule has 0 aromatic rings. The molecule has 3 N–H and O–H groups in total. The van der Waals surface area contributed by atoms with E-state index in [0.717, 1.165) is 0 Å². The molecule has 1 fully saturated rings. The summed E-state index contributed by atoms with van der Waals surface area (Å²) in [5.41, 5.74) is -1.00. The summed E-state index contributed by atoms with van der Waals surface area (Å²) < 4.78 is 27.9. The van der Waals surface area contributed by atoms with E-state index in [2.05, 4.69) is 10.0 Å². The SMILES string of the molecule is CC(C)CC(C)(O)CNS(=O)(=O)N1CCNCC1. The highest BCUT2D eigenvalue weighted by molar-refractivity contribution is 7.87. The molecule has 1 heterocycles. The van der Waals surface area contributed by atoms with Crippen molar-refractivity contribution in [2.24, 2.45) is 5.92 Å². The van der Waals surface area contributed by atoms with Gasteiger partial charge in [0.1, 0.15) is 0 Å². The molecule has 0 aromatic carbocycles. The number of nitrogens with zero attached hydrogens (tertiary/aromatic N) is 1. The van der Waals surface area contributed by atoms with Crippen LogP contribution in [0.3, 0.4) is 0 Å². The van der Waals surface area contributed by atoms with Gasteiger partial charge in [-0.2, -0.15) is 17.4 Å². The minimum absolute atomic E-state index is 0.0530. The molecular formula is C11H25N3O3S. The molecule has 0 amide bonds. The van der Waals surface area contributed by atoms with Gasteiger partial charge in [-0.05, 0) is 19.3 Å². The van der Waals surface area contributed by atoms with Crippen molar-refractivity contribution >= 4 is 10.2 Å². The van der Waals surface area contributed by atoms with E-state index in [9.17, 15) is 13.5 Å². The average molecular weight is 279 g/mol. The van der Waals surface area contributed by atoms with E-state index in [4.69, 9.17) is 0 Å². The average Bonchev–Trinajstić information content (AvgIpc) is 2.26. The molecule has 1 rings (SSSR count). The van der Waals surface area contributed by atoms with Gasteiger partial charge >= 0.3 is 0 Å². The first-order valence-electron chi connectivity index (χ1n) is 6.41. The van der Waals surface area contributed by atoms with Crippen LogP contribution in [0.1, 0.15) is 27.2 Å². The van der Waals surface area contributed by atoms with Crippen LogP contribution in [-0.4, -0.2) is 56.2 Å². The summed E-state index contributed by atoms with van der Waals surface area (Å²) in [4.78, 5) is 0. The van der Waals surface area contributed by atoms with Gasteiger partial charge in [-0.25, -0.2) is 0 Å². The Kier molecular flexibility index (Phi) is 5.54. The Bertz CT molecular complexity index is 349. The van der Waals surface area contributed by atoms with Gasteiger partial charge in [-0.1, -0.05) is 13.8 Å². The maximum atomic E-state index is 12.0. The largest absolute Gasteiger partial charge is 0.389 e. The van der Waals surface area contributed by atoms with Crippen LogP contribution in [0.2, 0.25) is 0 Å². The third kappa shape index (κ3) is 5.19. The fraction of sp³-hybridized carbons (Fsp3) is 1.00. The van der Waals surface area contributed by atoms with E-state index >= 15 is 0 Å². The number of hydrogen-bond donors (Lipinski definition) is 3. The van der Waals surface area contributed by atoms with Gasteiger partial charge in [0.2, 0.25) is 0 Å². The van der Waals surface area contributed by atoms with E-state index in [1.807, 2.05) is 13.8 Å². The summed E-state index contributed by atoms with van der Waals surface area (Å²) in [6.45, 7) is 8.00. The zero-order valence-corrected chi connectivity index (χ0v) is 12.3.